The van der Waals surface area contributed by atoms with Gasteiger partial charge in [0.15, 0.2) is 0 Å². The Bertz CT molecular complexity index is 622. The quantitative estimate of drug-likeness (QED) is 0.802. The van der Waals surface area contributed by atoms with Gasteiger partial charge in [-0.25, -0.2) is 0 Å². The van der Waals surface area contributed by atoms with Gasteiger partial charge in [-0.15, -0.1) is 12.4 Å². The molecular weight excluding hydrogens is 338 g/mol. The van der Waals surface area contributed by atoms with Crippen LogP contribution in [0.5, 0.6) is 0 Å². The molecule has 2 heterocycles. The van der Waals surface area contributed by atoms with E-state index in [9.17, 15) is 9.59 Å². The molecule has 2 aliphatic rings. The number of nitrogens with one attached hydrogen (secondary N) is 2. The van der Waals surface area contributed by atoms with Crippen molar-refractivity contribution < 1.29 is 9.59 Å². The van der Waals surface area contributed by atoms with Gasteiger partial charge in [0.1, 0.15) is 6.04 Å². The second-order valence-corrected chi connectivity index (χ2v) is 6.62. The van der Waals surface area contributed by atoms with Crippen molar-refractivity contribution in [3.05, 3.63) is 47.5 Å². The molecule has 0 aliphatic carbocycles. The molecule has 6 heteroatoms. The first-order valence-electron chi connectivity index (χ1n) is 8.65. The van der Waals surface area contributed by atoms with Crippen LogP contribution < -0.4 is 10.6 Å². The summed E-state index contributed by atoms with van der Waals surface area (Å²) >= 11 is 0. The van der Waals surface area contributed by atoms with Crippen molar-refractivity contribution in [2.75, 3.05) is 19.6 Å². The van der Waals surface area contributed by atoms with E-state index in [0.717, 1.165) is 24.9 Å². The third-order valence-corrected chi connectivity index (χ3v) is 4.81. The third-order valence-electron chi connectivity index (χ3n) is 4.81. The molecule has 2 N–H and O–H groups in total. The van der Waals surface area contributed by atoms with Gasteiger partial charge in [-0.2, -0.15) is 0 Å². The SMILES string of the molecule is Cc1ccc(CNC(=O)C2CCN(C(=O)C3C=CCN3)CC2)cc1.Cl. The Labute approximate surface area is 155 Å². The maximum absolute atomic E-state index is 12.3. The molecule has 2 aliphatic heterocycles. The smallest absolute Gasteiger partial charge is 0.243 e. The molecule has 136 valence electrons. The van der Waals surface area contributed by atoms with Crippen LogP contribution in [0.2, 0.25) is 0 Å². The number of likely N-dealkylation sites (tertiary alicyclic amines) is 1. The largest absolute Gasteiger partial charge is 0.352 e. The second-order valence-electron chi connectivity index (χ2n) is 6.62. The van der Waals surface area contributed by atoms with E-state index in [1.54, 1.807) is 0 Å². The molecule has 0 bridgehead atoms. The van der Waals surface area contributed by atoms with Crippen LogP contribution >= 0.6 is 12.4 Å². The minimum Gasteiger partial charge on any atom is -0.352 e. The number of hydrogen-bond donors (Lipinski definition) is 2. The van der Waals surface area contributed by atoms with Crippen LogP contribution in [0.15, 0.2) is 36.4 Å². The zero-order valence-electron chi connectivity index (χ0n) is 14.5. The molecule has 5 nitrogen and oxygen atoms in total. The van der Waals surface area contributed by atoms with Crippen molar-refractivity contribution in [1.29, 1.82) is 0 Å². The molecule has 1 unspecified atom stereocenters. The maximum atomic E-state index is 12.3. The highest BCUT2D eigenvalue weighted by atomic mass is 35.5. The number of piperidine rings is 1. The van der Waals surface area contributed by atoms with Crippen LogP contribution in [0, 0.1) is 12.8 Å². The van der Waals surface area contributed by atoms with E-state index in [2.05, 4.69) is 22.8 Å². The number of halogens is 1. The second kappa shape index (κ2) is 9.02. The van der Waals surface area contributed by atoms with Crippen LogP contribution in [0.4, 0.5) is 0 Å². The summed E-state index contributed by atoms with van der Waals surface area (Å²) in [4.78, 5) is 26.5. The zero-order valence-corrected chi connectivity index (χ0v) is 15.3. The average molecular weight is 364 g/mol. The third kappa shape index (κ3) is 5.06. The van der Waals surface area contributed by atoms with E-state index in [4.69, 9.17) is 0 Å². The molecule has 1 saturated heterocycles. The lowest BCUT2D eigenvalue weighted by atomic mass is 9.95. The molecule has 1 atom stereocenters. The number of amides is 2. The molecular formula is C19H26ClN3O2. The minimum absolute atomic E-state index is 0. The van der Waals surface area contributed by atoms with Crippen LogP contribution in [-0.2, 0) is 16.1 Å². The summed E-state index contributed by atoms with van der Waals surface area (Å²) in [5.41, 5.74) is 2.33. The number of nitrogens with zero attached hydrogens (tertiary/aromatic N) is 1. The fraction of sp³-hybridized carbons (Fsp3) is 0.474. The number of carbonyl (C=O) groups excluding carboxylic acids is 2. The highest BCUT2D eigenvalue weighted by Crippen LogP contribution is 2.19. The first kappa shape index (κ1) is 19.5. The van der Waals surface area contributed by atoms with Crippen LogP contribution in [0.1, 0.15) is 24.0 Å². The van der Waals surface area contributed by atoms with E-state index in [-0.39, 0.29) is 36.2 Å². The van der Waals surface area contributed by atoms with Gasteiger partial charge >= 0.3 is 0 Å². The molecule has 0 saturated carbocycles. The molecule has 0 radical (unpaired) electrons. The Morgan fingerprint density at radius 3 is 2.48 bits per heavy atom. The first-order valence-corrected chi connectivity index (χ1v) is 8.65. The summed E-state index contributed by atoms with van der Waals surface area (Å²) in [6, 6.07) is 8.00. The number of carbonyl (C=O) groups is 2. The predicted molar refractivity (Wildman–Crippen MR) is 101 cm³/mol. The average Bonchev–Trinajstić information content (AvgIpc) is 3.15. The van der Waals surface area contributed by atoms with E-state index < -0.39 is 0 Å². The molecule has 1 aromatic rings. The first-order chi connectivity index (χ1) is 11.6. The van der Waals surface area contributed by atoms with E-state index in [1.165, 1.54) is 5.56 Å². The fourth-order valence-electron chi connectivity index (χ4n) is 3.24. The zero-order chi connectivity index (χ0) is 16.9. The van der Waals surface area contributed by atoms with Crippen LogP contribution in [0.3, 0.4) is 0 Å². The normalized spacial score (nSPS) is 20.2. The highest BCUT2D eigenvalue weighted by Gasteiger charge is 2.30. The van der Waals surface area contributed by atoms with Crippen molar-refractivity contribution >= 4 is 24.2 Å². The molecule has 1 aromatic carbocycles. The van der Waals surface area contributed by atoms with Gasteiger partial charge in [-0.05, 0) is 25.3 Å². The molecule has 0 aromatic heterocycles. The topological polar surface area (TPSA) is 61.4 Å². The Balaban J connectivity index is 0.00000225. The van der Waals surface area contributed by atoms with Crippen molar-refractivity contribution in [3.63, 3.8) is 0 Å². The van der Waals surface area contributed by atoms with Crippen molar-refractivity contribution in [3.8, 4) is 0 Å². The molecule has 25 heavy (non-hydrogen) atoms. The van der Waals surface area contributed by atoms with Gasteiger partial charge in [0, 0.05) is 32.1 Å². The lowest BCUT2D eigenvalue weighted by Crippen LogP contribution is -2.48. The van der Waals surface area contributed by atoms with E-state index >= 15 is 0 Å². The predicted octanol–water partition coefficient (Wildman–Crippen LogP) is 1.80. The summed E-state index contributed by atoms with van der Waals surface area (Å²) in [5.74, 6) is 0.232. The Hall–Kier alpha value is -1.85. The maximum Gasteiger partial charge on any atom is 0.243 e. The Morgan fingerprint density at radius 2 is 1.88 bits per heavy atom. The summed E-state index contributed by atoms with van der Waals surface area (Å²) in [6.07, 6.45) is 5.38. The number of rotatable bonds is 4. The van der Waals surface area contributed by atoms with Crippen LogP contribution in [0.25, 0.3) is 0 Å². The van der Waals surface area contributed by atoms with Gasteiger partial charge in [0.05, 0.1) is 0 Å². The fourth-order valence-corrected chi connectivity index (χ4v) is 3.24. The standard InChI is InChI=1S/C19H25N3O2.ClH/c1-14-4-6-15(7-5-14)13-21-18(23)16-8-11-22(12-9-16)19(24)17-3-2-10-20-17;/h2-7,16-17,20H,8-13H2,1H3,(H,21,23);1H. The van der Waals surface area contributed by atoms with Crippen molar-refractivity contribution in [2.45, 2.75) is 32.4 Å². The summed E-state index contributed by atoms with van der Waals surface area (Å²) in [6.45, 7) is 4.69. The van der Waals surface area contributed by atoms with E-state index in [0.29, 0.717) is 19.6 Å². The molecule has 0 spiro atoms. The Kier molecular flexibility index (Phi) is 7.02. The van der Waals surface area contributed by atoms with E-state index in [1.807, 2.05) is 36.1 Å². The summed E-state index contributed by atoms with van der Waals surface area (Å²) in [5, 5.41) is 6.17. The van der Waals surface area contributed by atoms with Gasteiger partial charge in [-0.3, -0.25) is 14.9 Å². The summed E-state index contributed by atoms with van der Waals surface area (Å²) in [7, 11) is 0. The van der Waals surface area contributed by atoms with Gasteiger partial charge in [0.25, 0.3) is 0 Å². The minimum atomic E-state index is -0.183. The molecule has 3 rings (SSSR count). The summed E-state index contributed by atoms with van der Waals surface area (Å²) < 4.78 is 0. The lowest BCUT2D eigenvalue weighted by Gasteiger charge is -2.32. The molecule has 2 amide bonds. The van der Waals surface area contributed by atoms with Crippen molar-refractivity contribution in [2.24, 2.45) is 5.92 Å². The Morgan fingerprint density at radius 1 is 1.20 bits per heavy atom. The number of hydrogen-bond acceptors (Lipinski definition) is 3. The molecule has 1 fully saturated rings. The highest BCUT2D eigenvalue weighted by molar-refractivity contribution is 5.85. The van der Waals surface area contributed by atoms with Gasteiger partial charge in [-0.1, -0.05) is 42.0 Å². The lowest BCUT2D eigenvalue weighted by molar-refractivity contribution is -0.136. The van der Waals surface area contributed by atoms with Gasteiger partial charge in [0.2, 0.25) is 11.8 Å². The monoisotopic (exact) mass is 363 g/mol. The number of benzene rings is 1. The number of aryl methyl sites for hydroxylation is 1. The van der Waals surface area contributed by atoms with Crippen molar-refractivity contribution in [1.82, 2.24) is 15.5 Å². The van der Waals surface area contributed by atoms with Gasteiger partial charge < -0.3 is 10.2 Å². The van der Waals surface area contributed by atoms with Crippen LogP contribution in [-0.4, -0.2) is 42.4 Å².